The summed E-state index contributed by atoms with van der Waals surface area (Å²) in [5, 5.41) is 5.08. The van der Waals surface area contributed by atoms with E-state index in [4.69, 9.17) is 4.74 Å². The van der Waals surface area contributed by atoms with E-state index in [1.165, 1.54) is 12.1 Å². The quantitative estimate of drug-likeness (QED) is 0.547. The normalized spacial score (nSPS) is 12.5. The van der Waals surface area contributed by atoms with Crippen LogP contribution in [0.2, 0.25) is 0 Å². The third-order valence-corrected chi connectivity index (χ3v) is 6.43. The second kappa shape index (κ2) is 9.73. The van der Waals surface area contributed by atoms with E-state index in [-0.39, 0.29) is 23.5 Å². The summed E-state index contributed by atoms with van der Waals surface area (Å²) in [4.78, 5) is 12.3. The highest BCUT2D eigenvalue weighted by atomic mass is 32.2. The number of carbonyl (C=O) groups excluding carboxylic acids is 1. The van der Waals surface area contributed by atoms with Gasteiger partial charge in [-0.25, -0.2) is 13.1 Å². The van der Waals surface area contributed by atoms with E-state index in [2.05, 4.69) is 10.0 Å². The Hall–Kier alpha value is -2.90. The van der Waals surface area contributed by atoms with Gasteiger partial charge in [0.25, 0.3) is 5.91 Å². The summed E-state index contributed by atoms with van der Waals surface area (Å²) in [5.41, 5.74) is 1.03. The minimum absolute atomic E-state index is 0.142. The van der Waals surface area contributed by atoms with Crippen LogP contribution in [0.1, 0.15) is 25.8 Å². The van der Waals surface area contributed by atoms with Crippen LogP contribution in [0, 0.1) is 0 Å². The number of nitrogens with one attached hydrogen (secondary N) is 2. The smallest absolute Gasteiger partial charge is 0.258 e. The Labute approximate surface area is 177 Å². The van der Waals surface area contributed by atoms with Gasteiger partial charge in [0.1, 0.15) is 5.75 Å². The van der Waals surface area contributed by atoms with Crippen LogP contribution in [0.4, 0.5) is 0 Å². The highest BCUT2D eigenvalue weighted by molar-refractivity contribution is 7.89. The summed E-state index contributed by atoms with van der Waals surface area (Å²) in [7, 11) is -3.56. The Bertz CT molecular complexity index is 1110. The van der Waals surface area contributed by atoms with Gasteiger partial charge < -0.3 is 10.1 Å². The van der Waals surface area contributed by atoms with Gasteiger partial charge in [-0.15, -0.1) is 0 Å². The summed E-state index contributed by atoms with van der Waals surface area (Å²) in [6.07, 6.45) is 0.703. The standard InChI is InChI=1S/C23H26N2O4S/c1-3-17(2)25-30(27,28)21-13-11-20(12-14-21)29-16-23(26)24-15-19-9-6-8-18-7-4-5-10-22(18)19/h4-14,17,25H,3,15-16H2,1-2H3,(H,24,26). The average Bonchev–Trinajstić information content (AvgIpc) is 2.76. The zero-order chi connectivity index (χ0) is 21.6. The van der Waals surface area contributed by atoms with Crippen LogP contribution in [0.25, 0.3) is 10.8 Å². The first-order valence-electron chi connectivity index (χ1n) is 9.87. The van der Waals surface area contributed by atoms with Crippen molar-refractivity contribution in [1.82, 2.24) is 10.0 Å². The fourth-order valence-electron chi connectivity index (χ4n) is 2.97. The number of benzene rings is 3. The maximum atomic E-state index is 12.3. The second-order valence-corrected chi connectivity index (χ2v) is 8.82. The molecule has 2 N–H and O–H groups in total. The largest absolute Gasteiger partial charge is 0.484 e. The molecule has 1 amide bonds. The molecule has 30 heavy (non-hydrogen) atoms. The van der Waals surface area contributed by atoms with Gasteiger partial charge in [-0.1, -0.05) is 49.4 Å². The van der Waals surface area contributed by atoms with Crippen LogP contribution in [-0.4, -0.2) is 27.0 Å². The number of ether oxygens (including phenoxy) is 1. The molecule has 7 heteroatoms. The lowest BCUT2D eigenvalue weighted by Gasteiger charge is -2.13. The van der Waals surface area contributed by atoms with E-state index < -0.39 is 10.0 Å². The molecule has 0 radical (unpaired) electrons. The van der Waals surface area contributed by atoms with Gasteiger partial charge in [0.05, 0.1) is 4.90 Å². The Morgan fingerprint density at radius 2 is 1.70 bits per heavy atom. The van der Waals surface area contributed by atoms with Crippen molar-refractivity contribution < 1.29 is 17.9 Å². The first kappa shape index (κ1) is 21.8. The number of amides is 1. The first-order chi connectivity index (χ1) is 14.4. The molecule has 0 saturated carbocycles. The summed E-state index contributed by atoms with van der Waals surface area (Å²) in [5.74, 6) is 0.177. The van der Waals surface area contributed by atoms with E-state index in [9.17, 15) is 13.2 Å². The Kier molecular flexibility index (Phi) is 7.07. The zero-order valence-corrected chi connectivity index (χ0v) is 17.9. The van der Waals surface area contributed by atoms with Crippen molar-refractivity contribution in [2.45, 2.75) is 37.8 Å². The summed E-state index contributed by atoms with van der Waals surface area (Å²) < 4.78 is 32.6. The Morgan fingerprint density at radius 3 is 2.43 bits per heavy atom. The van der Waals surface area contributed by atoms with E-state index in [1.807, 2.05) is 56.3 Å². The van der Waals surface area contributed by atoms with Crippen molar-refractivity contribution in [3.05, 3.63) is 72.3 Å². The van der Waals surface area contributed by atoms with Crippen LogP contribution < -0.4 is 14.8 Å². The minimum Gasteiger partial charge on any atom is -0.484 e. The molecule has 0 bridgehead atoms. The molecule has 1 unspecified atom stereocenters. The first-order valence-corrected chi connectivity index (χ1v) is 11.4. The molecule has 1 atom stereocenters. The fourth-order valence-corrected chi connectivity index (χ4v) is 4.30. The van der Waals surface area contributed by atoms with Crippen molar-refractivity contribution in [1.29, 1.82) is 0 Å². The van der Waals surface area contributed by atoms with Crippen molar-refractivity contribution in [2.75, 3.05) is 6.61 Å². The Balaban J connectivity index is 1.53. The van der Waals surface area contributed by atoms with Gasteiger partial charge in [-0.05, 0) is 53.9 Å². The van der Waals surface area contributed by atoms with Crippen molar-refractivity contribution >= 4 is 26.7 Å². The number of fused-ring (bicyclic) bond motifs is 1. The molecule has 0 spiro atoms. The van der Waals surface area contributed by atoms with Crippen LogP contribution in [-0.2, 0) is 21.4 Å². The lowest BCUT2D eigenvalue weighted by molar-refractivity contribution is -0.123. The molecule has 6 nitrogen and oxygen atoms in total. The van der Waals surface area contributed by atoms with Gasteiger partial charge in [0, 0.05) is 12.6 Å². The topological polar surface area (TPSA) is 84.5 Å². The van der Waals surface area contributed by atoms with Crippen molar-refractivity contribution in [3.63, 3.8) is 0 Å². The monoisotopic (exact) mass is 426 g/mol. The Morgan fingerprint density at radius 1 is 1.00 bits per heavy atom. The highest BCUT2D eigenvalue weighted by Crippen LogP contribution is 2.19. The number of sulfonamides is 1. The number of carbonyl (C=O) groups is 1. The van der Waals surface area contributed by atoms with Crippen molar-refractivity contribution in [2.24, 2.45) is 0 Å². The third kappa shape index (κ3) is 5.58. The number of hydrogen-bond donors (Lipinski definition) is 2. The third-order valence-electron chi connectivity index (χ3n) is 4.83. The van der Waals surface area contributed by atoms with Crippen LogP contribution in [0.5, 0.6) is 5.75 Å². The molecule has 158 valence electrons. The minimum atomic E-state index is -3.56. The van der Waals surface area contributed by atoms with Crippen LogP contribution >= 0.6 is 0 Å². The number of hydrogen-bond acceptors (Lipinski definition) is 4. The predicted molar refractivity (Wildman–Crippen MR) is 118 cm³/mol. The molecular formula is C23H26N2O4S. The summed E-state index contributed by atoms with van der Waals surface area (Å²) in [6, 6.07) is 19.9. The predicted octanol–water partition coefficient (Wildman–Crippen LogP) is 3.61. The van der Waals surface area contributed by atoms with Crippen LogP contribution in [0.15, 0.2) is 71.6 Å². The van der Waals surface area contributed by atoms with Gasteiger partial charge in [-0.2, -0.15) is 0 Å². The molecule has 3 aromatic carbocycles. The molecular weight excluding hydrogens is 400 g/mol. The number of rotatable bonds is 9. The molecule has 3 aromatic rings. The molecule has 0 aliphatic heterocycles. The molecule has 3 rings (SSSR count). The molecule has 0 fully saturated rings. The van der Waals surface area contributed by atoms with E-state index in [0.29, 0.717) is 18.7 Å². The molecule has 0 heterocycles. The fraction of sp³-hybridized carbons (Fsp3) is 0.261. The zero-order valence-electron chi connectivity index (χ0n) is 17.1. The van der Waals surface area contributed by atoms with Gasteiger partial charge in [0.2, 0.25) is 10.0 Å². The molecule has 0 aliphatic rings. The van der Waals surface area contributed by atoms with E-state index in [0.717, 1.165) is 16.3 Å². The van der Waals surface area contributed by atoms with Gasteiger partial charge in [0.15, 0.2) is 6.61 Å². The van der Waals surface area contributed by atoms with Gasteiger partial charge >= 0.3 is 0 Å². The lowest BCUT2D eigenvalue weighted by atomic mass is 10.0. The van der Waals surface area contributed by atoms with Crippen LogP contribution in [0.3, 0.4) is 0 Å². The molecule has 0 aromatic heterocycles. The average molecular weight is 427 g/mol. The second-order valence-electron chi connectivity index (χ2n) is 7.11. The van der Waals surface area contributed by atoms with Gasteiger partial charge in [-0.3, -0.25) is 4.79 Å². The molecule has 0 saturated heterocycles. The van der Waals surface area contributed by atoms with E-state index in [1.54, 1.807) is 12.1 Å². The summed E-state index contributed by atoms with van der Waals surface area (Å²) in [6.45, 7) is 3.98. The van der Waals surface area contributed by atoms with E-state index >= 15 is 0 Å². The maximum absolute atomic E-state index is 12.3. The maximum Gasteiger partial charge on any atom is 0.258 e. The molecule has 0 aliphatic carbocycles. The SMILES string of the molecule is CCC(C)NS(=O)(=O)c1ccc(OCC(=O)NCc2cccc3ccccc23)cc1. The lowest BCUT2D eigenvalue weighted by Crippen LogP contribution is -2.32. The highest BCUT2D eigenvalue weighted by Gasteiger charge is 2.16. The van der Waals surface area contributed by atoms with Crippen molar-refractivity contribution in [3.8, 4) is 5.75 Å². The summed E-state index contributed by atoms with van der Waals surface area (Å²) >= 11 is 0.